The van der Waals surface area contributed by atoms with Crippen molar-refractivity contribution < 1.29 is 13.7 Å². The lowest BCUT2D eigenvalue weighted by Crippen LogP contribution is -2.41. The molecule has 0 aliphatic carbocycles. The maximum absolute atomic E-state index is 6.08. The quantitative estimate of drug-likeness (QED) is 0.778. The Morgan fingerprint density at radius 1 is 1.19 bits per heavy atom. The summed E-state index contributed by atoms with van der Waals surface area (Å²) < 4.78 is 16.7. The van der Waals surface area contributed by atoms with Crippen LogP contribution < -0.4 is 5.73 Å². The van der Waals surface area contributed by atoms with Crippen molar-refractivity contribution in [1.82, 2.24) is 0 Å². The third kappa shape index (κ3) is 1.79. The van der Waals surface area contributed by atoms with Gasteiger partial charge in [-0.05, 0) is 33.8 Å². The first kappa shape index (κ1) is 11.7. The summed E-state index contributed by atoms with van der Waals surface area (Å²) in [6, 6.07) is 1.83. The number of hydrogen-bond acceptors (Lipinski definition) is 4. The van der Waals surface area contributed by atoms with Crippen molar-refractivity contribution in [2.75, 3.05) is 0 Å². The first-order valence-corrected chi connectivity index (χ1v) is 5.47. The fourth-order valence-electron chi connectivity index (χ4n) is 1.66. The molecule has 0 saturated carbocycles. The van der Waals surface area contributed by atoms with Gasteiger partial charge in [0, 0.05) is 5.56 Å². The van der Waals surface area contributed by atoms with Crippen LogP contribution in [0.5, 0.6) is 0 Å². The van der Waals surface area contributed by atoms with E-state index in [1.165, 1.54) is 0 Å². The second-order valence-electron chi connectivity index (χ2n) is 5.21. The molecule has 0 aromatic carbocycles. The minimum atomic E-state index is -0.428. The van der Waals surface area contributed by atoms with Gasteiger partial charge < -0.3 is 19.5 Å². The summed E-state index contributed by atoms with van der Waals surface area (Å²) in [4.78, 5) is 0. The highest BCUT2D eigenvalue weighted by Gasteiger charge is 2.53. The molecule has 1 aliphatic heterocycles. The fraction of sp³-hybridized carbons (Fsp3) is 0.636. The van der Waals surface area contributed by atoms with E-state index >= 15 is 0 Å². The molecule has 0 radical (unpaired) electrons. The number of nitrogens with two attached hydrogens (primary N) is 1. The zero-order chi connectivity index (χ0) is 12.0. The summed E-state index contributed by atoms with van der Waals surface area (Å²) in [6.07, 6.45) is 3.22. The zero-order valence-electron chi connectivity index (χ0n) is 10.2. The molecule has 1 aromatic heterocycles. The van der Waals surface area contributed by atoms with Gasteiger partial charge in [-0.25, -0.2) is 0 Å². The Morgan fingerprint density at radius 2 is 1.75 bits per heavy atom. The Bertz CT molecular complexity index is 345. The van der Waals surface area contributed by atoms with Crippen molar-refractivity contribution in [3.63, 3.8) is 0 Å². The molecule has 1 unspecified atom stereocenters. The average Bonchev–Trinajstić information content (AvgIpc) is 2.72. The summed E-state index contributed by atoms with van der Waals surface area (Å²) in [7, 11) is -0.428. The lowest BCUT2D eigenvalue weighted by atomic mass is 9.76. The third-order valence-corrected chi connectivity index (χ3v) is 3.49. The van der Waals surface area contributed by atoms with E-state index in [-0.39, 0.29) is 17.1 Å². The molecule has 1 aliphatic rings. The minimum absolute atomic E-state index is 0.320. The topological polar surface area (TPSA) is 57.6 Å². The van der Waals surface area contributed by atoms with Gasteiger partial charge in [0.05, 0.1) is 29.7 Å². The van der Waals surface area contributed by atoms with Gasteiger partial charge in [-0.15, -0.1) is 0 Å². The molecule has 4 nitrogen and oxygen atoms in total. The van der Waals surface area contributed by atoms with Crippen molar-refractivity contribution in [3.8, 4) is 0 Å². The molecule has 2 heterocycles. The molecule has 1 saturated heterocycles. The highest BCUT2D eigenvalue weighted by molar-refractivity contribution is 6.47. The van der Waals surface area contributed by atoms with Crippen LogP contribution in [0.3, 0.4) is 0 Å². The van der Waals surface area contributed by atoms with Gasteiger partial charge in [0.2, 0.25) is 0 Å². The van der Waals surface area contributed by atoms with Crippen molar-refractivity contribution in [2.45, 2.75) is 44.8 Å². The molecule has 0 spiro atoms. The van der Waals surface area contributed by atoms with Crippen LogP contribution in [0.25, 0.3) is 0 Å². The van der Waals surface area contributed by atoms with Gasteiger partial charge in [-0.1, -0.05) is 0 Å². The van der Waals surface area contributed by atoms with E-state index in [4.69, 9.17) is 19.5 Å². The minimum Gasteiger partial charge on any atom is -0.472 e. The van der Waals surface area contributed by atoms with E-state index in [0.29, 0.717) is 0 Å². The van der Waals surface area contributed by atoms with Crippen molar-refractivity contribution in [3.05, 3.63) is 24.2 Å². The zero-order valence-corrected chi connectivity index (χ0v) is 10.2. The second kappa shape index (κ2) is 3.62. The largest absolute Gasteiger partial charge is 0.480 e. The molecule has 5 heteroatoms. The van der Waals surface area contributed by atoms with E-state index < -0.39 is 7.12 Å². The Balaban J connectivity index is 2.15. The van der Waals surface area contributed by atoms with Crippen molar-refractivity contribution >= 4 is 7.12 Å². The molecule has 1 aromatic rings. The van der Waals surface area contributed by atoms with Gasteiger partial charge in [-0.2, -0.15) is 0 Å². The average molecular weight is 223 g/mol. The van der Waals surface area contributed by atoms with E-state index in [2.05, 4.69) is 0 Å². The predicted octanol–water partition coefficient (Wildman–Crippen LogP) is 1.91. The van der Waals surface area contributed by atoms with E-state index in [1.807, 2.05) is 33.8 Å². The monoisotopic (exact) mass is 223 g/mol. The number of hydrogen-bond donors (Lipinski definition) is 1. The fourth-order valence-corrected chi connectivity index (χ4v) is 1.66. The molecule has 88 valence electrons. The van der Waals surface area contributed by atoms with Crippen molar-refractivity contribution in [1.29, 1.82) is 0 Å². The lowest BCUT2D eigenvalue weighted by Gasteiger charge is -2.32. The number of rotatable bonds is 2. The van der Waals surface area contributed by atoms with E-state index in [1.54, 1.807) is 12.5 Å². The normalized spacial score (nSPS) is 24.7. The molecule has 0 bridgehead atoms. The molecule has 0 amide bonds. The first-order valence-electron chi connectivity index (χ1n) is 5.47. The van der Waals surface area contributed by atoms with Crippen LogP contribution in [-0.4, -0.2) is 18.3 Å². The van der Waals surface area contributed by atoms with Crippen LogP contribution in [0.4, 0.5) is 0 Å². The molecule has 16 heavy (non-hydrogen) atoms. The van der Waals surface area contributed by atoms with Gasteiger partial charge in [0.1, 0.15) is 0 Å². The summed E-state index contributed by atoms with van der Waals surface area (Å²) >= 11 is 0. The van der Waals surface area contributed by atoms with Gasteiger partial charge in [0.15, 0.2) is 0 Å². The molecule has 1 atom stereocenters. The lowest BCUT2D eigenvalue weighted by molar-refractivity contribution is 0.00578. The van der Waals surface area contributed by atoms with Crippen LogP contribution in [0.15, 0.2) is 23.0 Å². The summed E-state index contributed by atoms with van der Waals surface area (Å²) in [5.41, 5.74) is 6.27. The van der Waals surface area contributed by atoms with Gasteiger partial charge in [-0.3, -0.25) is 0 Å². The van der Waals surface area contributed by atoms with Crippen LogP contribution >= 0.6 is 0 Å². The third-order valence-electron chi connectivity index (χ3n) is 3.49. The predicted molar refractivity (Wildman–Crippen MR) is 61.7 cm³/mol. The van der Waals surface area contributed by atoms with Crippen LogP contribution in [-0.2, 0) is 9.31 Å². The Hall–Kier alpha value is -0.775. The summed E-state index contributed by atoms with van der Waals surface area (Å²) in [5.74, 6) is -0.320. The van der Waals surface area contributed by atoms with E-state index in [0.717, 1.165) is 5.56 Å². The molecule has 2 rings (SSSR count). The second-order valence-corrected chi connectivity index (χ2v) is 5.21. The molecular formula is C11H18BNO3. The summed E-state index contributed by atoms with van der Waals surface area (Å²) in [6.45, 7) is 8.04. The van der Waals surface area contributed by atoms with Crippen molar-refractivity contribution in [2.24, 2.45) is 5.73 Å². The SMILES string of the molecule is CC1(C)OB(C(N)c2ccoc2)OC1(C)C. The smallest absolute Gasteiger partial charge is 0.472 e. The van der Waals surface area contributed by atoms with Crippen LogP contribution in [0.2, 0.25) is 0 Å². The highest BCUT2D eigenvalue weighted by Crippen LogP contribution is 2.39. The Morgan fingerprint density at radius 3 is 2.19 bits per heavy atom. The Kier molecular flexibility index (Phi) is 2.65. The molecule has 2 N–H and O–H groups in total. The standard InChI is InChI=1S/C11H18BNO3/c1-10(2)11(3,4)16-12(15-10)9(13)8-5-6-14-7-8/h5-7,9H,13H2,1-4H3. The Labute approximate surface area is 96.2 Å². The molecular weight excluding hydrogens is 205 g/mol. The van der Waals surface area contributed by atoms with E-state index in [9.17, 15) is 0 Å². The first-order chi connectivity index (χ1) is 7.33. The van der Waals surface area contributed by atoms with Crippen LogP contribution in [0.1, 0.15) is 39.2 Å². The highest BCUT2D eigenvalue weighted by atomic mass is 16.7. The van der Waals surface area contributed by atoms with Gasteiger partial charge in [0.25, 0.3) is 0 Å². The summed E-state index contributed by atoms with van der Waals surface area (Å²) in [5, 5.41) is 0. The maximum Gasteiger partial charge on any atom is 0.480 e. The van der Waals surface area contributed by atoms with Crippen LogP contribution in [0, 0.1) is 0 Å². The maximum atomic E-state index is 6.08. The molecule has 1 fully saturated rings. The van der Waals surface area contributed by atoms with Gasteiger partial charge >= 0.3 is 7.12 Å². The number of furan rings is 1.